The first-order valence-electron chi connectivity index (χ1n) is 6.52. The van der Waals surface area contributed by atoms with Crippen molar-refractivity contribution in [2.45, 2.75) is 20.8 Å². The van der Waals surface area contributed by atoms with Crippen LogP contribution in [0.2, 0.25) is 0 Å². The van der Waals surface area contributed by atoms with Crippen molar-refractivity contribution < 1.29 is 4.79 Å². The van der Waals surface area contributed by atoms with Gasteiger partial charge >= 0.3 is 0 Å². The molecule has 7 heteroatoms. The molecule has 0 unspecified atom stereocenters. The molecule has 0 fully saturated rings. The SMILES string of the molecule is CC(C)(C)C(=O)Nc1ccc(-c2nn3cnnc3s2)cc1. The number of anilines is 1. The van der Waals surface area contributed by atoms with Gasteiger partial charge in [0.25, 0.3) is 0 Å². The lowest BCUT2D eigenvalue weighted by atomic mass is 9.95. The molecule has 0 spiro atoms. The van der Waals surface area contributed by atoms with Gasteiger partial charge in [-0.15, -0.1) is 10.2 Å². The van der Waals surface area contributed by atoms with Gasteiger partial charge in [-0.05, 0) is 24.3 Å². The van der Waals surface area contributed by atoms with Gasteiger partial charge in [0.15, 0.2) is 0 Å². The zero-order chi connectivity index (χ0) is 15.0. The van der Waals surface area contributed by atoms with Crippen molar-refractivity contribution in [1.82, 2.24) is 19.8 Å². The fourth-order valence-corrected chi connectivity index (χ4v) is 2.52. The molecule has 1 amide bonds. The molecule has 6 nitrogen and oxygen atoms in total. The van der Waals surface area contributed by atoms with Gasteiger partial charge in [0, 0.05) is 16.7 Å². The first kappa shape index (κ1) is 13.7. The Morgan fingerprint density at radius 1 is 1.24 bits per heavy atom. The second-order valence-electron chi connectivity index (χ2n) is 5.75. The predicted octanol–water partition coefficient (Wildman–Crippen LogP) is 2.84. The normalized spacial score (nSPS) is 11.8. The quantitative estimate of drug-likeness (QED) is 0.790. The first-order valence-corrected chi connectivity index (χ1v) is 7.34. The van der Waals surface area contributed by atoms with E-state index in [9.17, 15) is 4.79 Å². The number of benzene rings is 1. The average Bonchev–Trinajstić information content (AvgIpc) is 2.99. The van der Waals surface area contributed by atoms with Gasteiger partial charge in [-0.3, -0.25) is 4.79 Å². The molecule has 0 aliphatic carbocycles. The smallest absolute Gasteiger partial charge is 0.234 e. The molecule has 0 aliphatic heterocycles. The number of hydrogen-bond acceptors (Lipinski definition) is 5. The zero-order valence-corrected chi connectivity index (χ0v) is 12.8. The van der Waals surface area contributed by atoms with E-state index in [0.29, 0.717) is 0 Å². The second kappa shape index (κ2) is 4.92. The van der Waals surface area contributed by atoms with Crippen LogP contribution in [0.15, 0.2) is 30.6 Å². The average molecular weight is 301 g/mol. The number of rotatable bonds is 2. The monoisotopic (exact) mass is 301 g/mol. The van der Waals surface area contributed by atoms with Crippen LogP contribution in [0.1, 0.15) is 20.8 Å². The van der Waals surface area contributed by atoms with Gasteiger partial charge in [-0.2, -0.15) is 9.61 Å². The molecule has 2 aromatic heterocycles. The summed E-state index contributed by atoms with van der Waals surface area (Å²) in [7, 11) is 0. The Hall–Kier alpha value is -2.28. The van der Waals surface area contributed by atoms with E-state index in [1.54, 1.807) is 10.8 Å². The highest BCUT2D eigenvalue weighted by molar-refractivity contribution is 7.19. The van der Waals surface area contributed by atoms with Crippen molar-refractivity contribution >= 4 is 27.9 Å². The highest BCUT2D eigenvalue weighted by atomic mass is 32.1. The summed E-state index contributed by atoms with van der Waals surface area (Å²) in [6.07, 6.45) is 1.58. The molecule has 2 heterocycles. The summed E-state index contributed by atoms with van der Waals surface area (Å²) in [6.45, 7) is 5.66. The Labute approximate surface area is 125 Å². The van der Waals surface area contributed by atoms with Crippen LogP contribution in [0.25, 0.3) is 15.5 Å². The van der Waals surface area contributed by atoms with Crippen molar-refractivity contribution in [3.63, 3.8) is 0 Å². The van der Waals surface area contributed by atoms with Crippen LogP contribution in [0, 0.1) is 5.41 Å². The van der Waals surface area contributed by atoms with Gasteiger partial charge < -0.3 is 5.32 Å². The Balaban J connectivity index is 1.81. The van der Waals surface area contributed by atoms with Crippen LogP contribution in [0.3, 0.4) is 0 Å². The minimum absolute atomic E-state index is 0.00552. The van der Waals surface area contributed by atoms with E-state index >= 15 is 0 Å². The van der Waals surface area contributed by atoms with E-state index in [2.05, 4.69) is 20.6 Å². The second-order valence-corrected chi connectivity index (χ2v) is 6.70. The van der Waals surface area contributed by atoms with Crippen LogP contribution in [-0.2, 0) is 4.79 Å². The van der Waals surface area contributed by atoms with E-state index < -0.39 is 5.41 Å². The van der Waals surface area contributed by atoms with E-state index in [-0.39, 0.29) is 5.91 Å². The predicted molar refractivity (Wildman–Crippen MR) is 82.2 cm³/mol. The van der Waals surface area contributed by atoms with Crippen molar-refractivity contribution in [1.29, 1.82) is 0 Å². The molecule has 0 radical (unpaired) electrons. The minimum Gasteiger partial charge on any atom is -0.326 e. The number of carbonyl (C=O) groups excluding carboxylic acids is 1. The molecule has 0 saturated carbocycles. The van der Waals surface area contributed by atoms with Gasteiger partial charge in [0.1, 0.15) is 11.3 Å². The van der Waals surface area contributed by atoms with Crippen LogP contribution >= 0.6 is 11.3 Å². The molecule has 1 aromatic carbocycles. The molecular weight excluding hydrogens is 286 g/mol. The highest BCUT2D eigenvalue weighted by Gasteiger charge is 2.21. The van der Waals surface area contributed by atoms with Crippen molar-refractivity contribution in [3.05, 3.63) is 30.6 Å². The fourth-order valence-electron chi connectivity index (χ4n) is 1.69. The molecule has 1 N–H and O–H groups in total. The lowest BCUT2D eigenvalue weighted by Gasteiger charge is -2.17. The standard InChI is InChI=1S/C14H15N5OS/c1-14(2,3)12(20)16-10-6-4-9(5-7-10)11-18-19-8-15-17-13(19)21-11/h4-8H,1-3H3,(H,16,20). The Bertz CT molecular complexity index is 753. The maximum atomic E-state index is 11.9. The minimum atomic E-state index is -0.410. The number of hydrogen-bond donors (Lipinski definition) is 1. The fraction of sp³-hybridized carbons (Fsp3) is 0.286. The van der Waals surface area contributed by atoms with Crippen LogP contribution in [0.4, 0.5) is 5.69 Å². The number of amides is 1. The zero-order valence-electron chi connectivity index (χ0n) is 12.0. The van der Waals surface area contributed by atoms with E-state index in [1.807, 2.05) is 45.0 Å². The number of fused-ring (bicyclic) bond motifs is 1. The highest BCUT2D eigenvalue weighted by Crippen LogP contribution is 2.26. The molecule has 3 rings (SSSR count). The molecule has 108 valence electrons. The van der Waals surface area contributed by atoms with Crippen molar-refractivity contribution in [3.8, 4) is 10.6 Å². The molecule has 21 heavy (non-hydrogen) atoms. The molecule has 0 bridgehead atoms. The van der Waals surface area contributed by atoms with Crippen molar-refractivity contribution in [2.75, 3.05) is 5.32 Å². The summed E-state index contributed by atoms with van der Waals surface area (Å²) in [6, 6.07) is 7.62. The summed E-state index contributed by atoms with van der Waals surface area (Å²) in [5.74, 6) is -0.00552. The number of nitrogens with one attached hydrogen (secondary N) is 1. The number of carbonyl (C=O) groups is 1. The van der Waals surface area contributed by atoms with Crippen molar-refractivity contribution in [2.24, 2.45) is 5.41 Å². The van der Waals surface area contributed by atoms with Crippen LogP contribution < -0.4 is 5.32 Å². The topological polar surface area (TPSA) is 72.2 Å². The summed E-state index contributed by atoms with van der Waals surface area (Å²) < 4.78 is 1.65. The number of aromatic nitrogens is 4. The largest absolute Gasteiger partial charge is 0.326 e. The summed E-state index contributed by atoms with van der Waals surface area (Å²) >= 11 is 1.47. The van der Waals surface area contributed by atoms with Gasteiger partial charge in [0.2, 0.25) is 10.9 Å². The van der Waals surface area contributed by atoms with Crippen LogP contribution in [-0.4, -0.2) is 25.7 Å². The van der Waals surface area contributed by atoms with Gasteiger partial charge in [-0.1, -0.05) is 32.1 Å². The maximum Gasteiger partial charge on any atom is 0.234 e. The third-order valence-corrected chi connectivity index (χ3v) is 3.92. The third-order valence-electron chi connectivity index (χ3n) is 2.96. The first-order chi connectivity index (χ1) is 9.93. The van der Waals surface area contributed by atoms with Crippen LogP contribution in [0.5, 0.6) is 0 Å². The molecule has 0 atom stereocenters. The summed E-state index contributed by atoms with van der Waals surface area (Å²) in [5, 5.41) is 15.9. The Kier molecular flexibility index (Phi) is 3.21. The number of nitrogens with zero attached hydrogens (tertiary/aromatic N) is 4. The van der Waals surface area contributed by atoms with E-state index in [0.717, 1.165) is 21.2 Å². The van der Waals surface area contributed by atoms with E-state index in [4.69, 9.17) is 0 Å². The van der Waals surface area contributed by atoms with Gasteiger partial charge in [0.05, 0.1) is 0 Å². The summed E-state index contributed by atoms with van der Waals surface area (Å²) in [5.41, 5.74) is 1.35. The molecular formula is C14H15N5OS. The lowest BCUT2D eigenvalue weighted by Crippen LogP contribution is -2.27. The van der Waals surface area contributed by atoms with E-state index in [1.165, 1.54) is 11.3 Å². The molecule has 0 aliphatic rings. The Morgan fingerprint density at radius 2 is 1.95 bits per heavy atom. The van der Waals surface area contributed by atoms with Gasteiger partial charge in [-0.25, -0.2) is 0 Å². The lowest BCUT2D eigenvalue weighted by molar-refractivity contribution is -0.123. The Morgan fingerprint density at radius 3 is 2.57 bits per heavy atom. The molecule has 0 saturated heterocycles. The summed E-state index contributed by atoms with van der Waals surface area (Å²) in [4.78, 5) is 12.7. The maximum absolute atomic E-state index is 11.9. The molecule has 3 aromatic rings. The third kappa shape index (κ3) is 2.78.